The van der Waals surface area contributed by atoms with Gasteiger partial charge in [0.05, 0.1) is 0 Å². The Bertz CT molecular complexity index is 1680. The molecule has 1 aliphatic carbocycles. The third-order valence-electron chi connectivity index (χ3n) is 9.06. The second kappa shape index (κ2) is 11.1. The summed E-state index contributed by atoms with van der Waals surface area (Å²) in [6.07, 6.45) is 4.61. The van der Waals surface area contributed by atoms with E-state index in [1.165, 1.54) is 63.7 Å². The van der Waals surface area contributed by atoms with E-state index in [0.717, 1.165) is 12.8 Å². The van der Waals surface area contributed by atoms with Crippen molar-refractivity contribution in [2.45, 2.75) is 69.3 Å². The van der Waals surface area contributed by atoms with Gasteiger partial charge in [0, 0.05) is 0 Å². The van der Waals surface area contributed by atoms with Gasteiger partial charge in [0.25, 0.3) is 0 Å². The Morgan fingerprint density at radius 3 is 2.22 bits per heavy atom. The molecule has 0 N–H and O–H groups in total. The first-order valence-electron chi connectivity index (χ1n) is 15.1. The van der Waals surface area contributed by atoms with E-state index < -0.39 is 27.4 Å². The molecule has 1 aliphatic heterocycles. The van der Waals surface area contributed by atoms with E-state index in [-0.39, 0.29) is 9.04 Å². The molecule has 0 fully saturated rings. The molecule has 1 atom stereocenters. The van der Waals surface area contributed by atoms with Crippen LogP contribution < -0.4 is 13.6 Å². The Kier molecular flexibility index (Phi) is 7.95. The normalized spacial score (nSPS) is 16.6. The Hall–Kier alpha value is -1.70. The molecule has 41 heavy (non-hydrogen) atoms. The molecular formula is C37H40Cl2SiZr. The van der Waals surface area contributed by atoms with Crippen molar-refractivity contribution in [3.8, 4) is 22.3 Å². The maximum atomic E-state index is 7.92. The van der Waals surface area contributed by atoms with E-state index in [4.69, 9.17) is 17.0 Å². The first-order chi connectivity index (χ1) is 19.5. The molecule has 2 aliphatic rings. The van der Waals surface area contributed by atoms with Crippen LogP contribution in [0.5, 0.6) is 0 Å². The standard InChI is InChI=1S/C25H31.C12H9Si.2ClH.Zr/c1-7-10-18-15-19-13-14-23(25(4,5)6)24(22(19)16-18)21-12-9-8-11-20(21)17(2)3;1-3-7-11-9(5-1)10-6-2-4-8-12(10)13-11;;;/h8-9,11-17H,7,10H2,1-6H3;1-7H,13H2;2*1H;/q;;;;+2/p-2. The summed E-state index contributed by atoms with van der Waals surface area (Å²) in [6.45, 7) is 13.9. The zero-order valence-corrected chi connectivity index (χ0v) is 30.5. The Balaban J connectivity index is 1.58. The number of halogens is 2. The van der Waals surface area contributed by atoms with Gasteiger partial charge in [-0.3, -0.25) is 0 Å². The number of benzene rings is 4. The Morgan fingerprint density at radius 2 is 1.51 bits per heavy atom. The molecule has 0 bridgehead atoms. The van der Waals surface area contributed by atoms with Gasteiger partial charge in [-0.05, 0) is 0 Å². The Labute approximate surface area is 260 Å². The number of rotatable bonds is 6. The SMILES string of the molecule is CCCC1=Cc2c(ccc(C(C)(C)C)c2-c2ccccc2C(C)C)[CH]1[Zr]([Cl])([Cl])[c]1cccc2c1[SiH2]c1ccccc1-2. The second-order valence-corrected chi connectivity index (χ2v) is 29.0. The number of hydrogen-bond donors (Lipinski definition) is 0. The predicted molar refractivity (Wildman–Crippen MR) is 181 cm³/mol. The van der Waals surface area contributed by atoms with E-state index in [2.05, 4.69) is 126 Å². The third-order valence-corrected chi connectivity index (χ3v) is 23.4. The van der Waals surface area contributed by atoms with E-state index in [1.807, 2.05) is 0 Å². The van der Waals surface area contributed by atoms with Crippen LogP contribution in [0.25, 0.3) is 28.3 Å². The minimum atomic E-state index is -4.00. The minimum absolute atomic E-state index is 0.00519. The Morgan fingerprint density at radius 1 is 0.829 bits per heavy atom. The number of fused-ring (bicyclic) bond motifs is 4. The topological polar surface area (TPSA) is 0 Å². The van der Waals surface area contributed by atoms with Crippen molar-refractivity contribution in [1.82, 2.24) is 0 Å². The van der Waals surface area contributed by atoms with Gasteiger partial charge >= 0.3 is 262 Å². The summed E-state index contributed by atoms with van der Waals surface area (Å²) >= 11 is -4.00. The fraction of sp³-hybridized carbons (Fsp3) is 0.297. The fourth-order valence-corrected chi connectivity index (χ4v) is 24.1. The predicted octanol–water partition coefficient (Wildman–Crippen LogP) is 8.90. The van der Waals surface area contributed by atoms with E-state index in [9.17, 15) is 0 Å². The van der Waals surface area contributed by atoms with Gasteiger partial charge in [-0.15, -0.1) is 0 Å². The van der Waals surface area contributed by atoms with E-state index in [1.54, 1.807) is 0 Å². The van der Waals surface area contributed by atoms with Gasteiger partial charge in [-0.25, -0.2) is 0 Å². The summed E-state index contributed by atoms with van der Waals surface area (Å²) in [5, 5.41) is 3.01. The van der Waals surface area contributed by atoms with Crippen molar-refractivity contribution in [2.75, 3.05) is 0 Å². The summed E-state index contributed by atoms with van der Waals surface area (Å²) in [5.74, 6) is 0.434. The number of hydrogen-bond acceptors (Lipinski definition) is 0. The van der Waals surface area contributed by atoms with Crippen molar-refractivity contribution < 1.29 is 17.9 Å². The molecule has 4 aromatic rings. The van der Waals surface area contributed by atoms with Crippen LogP contribution in [0.4, 0.5) is 0 Å². The van der Waals surface area contributed by atoms with E-state index >= 15 is 0 Å². The zero-order chi connectivity index (χ0) is 29.1. The molecule has 0 saturated carbocycles. The molecule has 0 amide bonds. The van der Waals surface area contributed by atoms with Gasteiger partial charge < -0.3 is 0 Å². The van der Waals surface area contributed by atoms with Crippen LogP contribution in [0, 0.1) is 0 Å². The molecule has 1 heterocycles. The first kappa shape index (κ1) is 29.4. The zero-order valence-electron chi connectivity index (χ0n) is 25.1. The van der Waals surface area contributed by atoms with Crippen LogP contribution in [0.3, 0.4) is 0 Å². The summed E-state index contributed by atoms with van der Waals surface area (Å²) in [5.41, 5.74) is 12.4. The van der Waals surface area contributed by atoms with Gasteiger partial charge in [0.2, 0.25) is 0 Å². The van der Waals surface area contributed by atoms with Crippen molar-refractivity contribution in [2.24, 2.45) is 0 Å². The summed E-state index contributed by atoms with van der Waals surface area (Å²) in [4.78, 5) is 0. The van der Waals surface area contributed by atoms with Crippen molar-refractivity contribution >= 4 is 46.3 Å². The summed E-state index contributed by atoms with van der Waals surface area (Å²) in [6, 6.07) is 29.5. The van der Waals surface area contributed by atoms with Crippen molar-refractivity contribution in [3.05, 3.63) is 107 Å². The molecule has 0 saturated heterocycles. The van der Waals surface area contributed by atoms with Crippen LogP contribution in [-0.4, -0.2) is 9.52 Å². The summed E-state index contributed by atoms with van der Waals surface area (Å²) < 4.78 is 1.43. The average molecular weight is 675 g/mol. The van der Waals surface area contributed by atoms with Gasteiger partial charge in [-0.1, -0.05) is 0 Å². The second-order valence-electron chi connectivity index (χ2n) is 13.2. The first-order valence-corrected chi connectivity index (χ1v) is 25.5. The van der Waals surface area contributed by atoms with Crippen LogP contribution in [0.15, 0.2) is 84.4 Å². The van der Waals surface area contributed by atoms with Gasteiger partial charge in [0.15, 0.2) is 0 Å². The maximum absolute atomic E-state index is 7.92. The molecule has 6 rings (SSSR count). The van der Waals surface area contributed by atoms with Crippen molar-refractivity contribution in [1.29, 1.82) is 0 Å². The fourth-order valence-electron chi connectivity index (χ4n) is 7.21. The van der Waals surface area contributed by atoms with Crippen LogP contribution in [0.1, 0.15) is 86.2 Å². The molecule has 0 nitrogen and oxygen atoms in total. The van der Waals surface area contributed by atoms with Gasteiger partial charge in [-0.2, -0.15) is 0 Å². The molecule has 210 valence electrons. The molecule has 0 aromatic heterocycles. The summed E-state index contributed by atoms with van der Waals surface area (Å²) in [7, 11) is 15.2. The monoisotopic (exact) mass is 672 g/mol. The quantitative estimate of drug-likeness (QED) is 0.158. The average Bonchev–Trinajstić information content (AvgIpc) is 3.50. The molecule has 1 unspecified atom stereocenters. The van der Waals surface area contributed by atoms with Crippen molar-refractivity contribution in [3.63, 3.8) is 0 Å². The molecular weight excluding hydrogens is 635 g/mol. The van der Waals surface area contributed by atoms with Crippen LogP contribution >= 0.6 is 17.0 Å². The molecule has 4 heteroatoms. The molecule has 0 radical (unpaired) electrons. The third kappa shape index (κ3) is 5.02. The molecule has 0 spiro atoms. The van der Waals surface area contributed by atoms with E-state index in [0.29, 0.717) is 5.92 Å². The van der Waals surface area contributed by atoms with Gasteiger partial charge in [0.1, 0.15) is 0 Å². The van der Waals surface area contributed by atoms with Crippen LogP contribution in [-0.2, 0) is 23.3 Å². The molecule has 4 aromatic carbocycles. The van der Waals surface area contributed by atoms with Crippen LogP contribution in [0.2, 0.25) is 0 Å². The number of allylic oxidation sites excluding steroid dienone is 1.